The van der Waals surface area contributed by atoms with Crippen molar-refractivity contribution < 1.29 is 0 Å². The number of aromatic nitrogens is 1. The molecule has 0 saturated carbocycles. The molecule has 0 radical (unpaired) electrons. The van der Waals surface area contributed by atoms with Crippen LogP contribution in [0, 0.1) is 14.9 Å². The van der Waals surface area contributed by atoms with Gasteiger partial charge in [-0.25, -0.2) is 4.98 Å². The van der Waals surface area contributed by atoms with Crippen molar-refractivity contribution in [1.29, 1.82) is 5.26 Å². The minimum Gasteiger partial charge on any atom is -0.235 e. The Balaban J connectivity index is 1.98. The van der Waals surface area contributed by atoms with Crippen molar-refractivity contribution >= 4 is 45.6 Å². The quantitative estimate of drug-likeness (QED) is 0.421. The molecule has 2 nitrogen and oxygen atoms in total. The molecule has 1 aromatic heterocycles. The molecule has 0 aliphatic rings. The summed E-state index contributed by atoms with van der Waals surface area (Å²) in [5, 5.41) is 12.2. The highest BCUT2D eigenvalue weighted by Crippen LogP contribution is 2.27. The zero-order valence-electron chi connectivity index (χ0n) is 11.5. The molecule has 0 aliphatic carbocycles. The highest BCUT2D eigenvalue weighted by atomic mass is 127. The van der Waals surface area contributed by atoms with E-state index in [4.69, 9.17) is 0 Å². The van der Waals surface area contributed by atoms with Crippen LogP contribution in [0.4, 0.5) is 0 Å². The van der Waals surface area contributed by atoms with Gasteiger partial charge in [0.05, 0.1) is 11.3 Å². The minimum absolute atomic E-state index is 0.594. The van der Waals surface area contributed by atoms with E-state index in [1.807, 2.05) is 66.1 Å². The third-order valence-electron chi connectivity index (χ3n) is 3.13. The fraction of sp³-hybridized carbons (Fsp3) is 0. The van der Waals surface area contributed by atoms with Crippen molar-refractivity contribution in [1.82, 2.24) is 4.98 Å². The molecule has 0 aliphatic heterocycles. The Morgan fingerprint density at radius 2 is 1.82 bits per heavy atom. The van der Waals surface area contributed by atoms with Crippen LogP contribution in [0.1, 0.15) is 10.6 Å². The molecule has 106 valence electrons. The number of halogens is 1. The first-order chi connectivity index (χ1) is 10.8. The summed E-state index contributed by atoms with van der Waals surface area (Å²) in [6.45, 7) is 0. The van der Waals surface area contributed by atoms with Crippen LogP contribution < -0.4 is 0 Å². The number of rotatable bonds is 3. The predicted octanol–water partition coefficient (Wildman–Crippen LogP) is 5.48. The largest absolute Gasteiger partial charge is 0.235 e. The number of allylic oxidation sites excluding steroid dienone is 1. The fourth-order valence-corrected chi connectivity index (χ4v) is 3.37. The summed E-state index contributed by atoms with van der Waals surface area (Å²) < 4.78 is 1.12. The molecule has 0 amide bonds. The van der Waals surface area contributed by atoms with Crippen molar-refractivity contribution in [3.63, 3.8) is 0 Å². The van der Waals surface area contributed by atoms with E-state index < -0.39 is 0 Å². The second-order valence-corrected chi connectivity index (χ2v) is 6.62. The Hall–Kier alpha value is -1.97. The number of nitrogens with zero attached hydrogens (tertiary/aromatic N) is 2. The average Bonchev–Trinajstić information content (AvgIpc) is 3.05. The summed E-state index contributed by atoms with van der Waals surface area (Å²) >= 11 is 3.77. The van der Waals surface area contributed by atoms with E-state index in [2.05, 4.69) is 33.6 Å². The second-order valence-electron chi connectivity index (χ2n) is 4.60. The summed E-state index contributed by atoms with van der Waals surface area (Å²) in [5.41, 5.74) is 3.61. The van der Waals surface area contributed by atoms with Gasteiger partial charge in [0.25, 0.3) is 0 Å². The Morgan fingerprint density at radius 3 is 2.55 bits per heavy atom. The Morgan fingerprint density at radius 1 is 1.09 bits per heavy atom. The van der Waals surface area contributed by atoms with E-state index in [1.54, 1.807) is 0 Å². The van der Waals surface area contributed by atoms with E-state index in [-0.39, 0.29) is 0 Å². The topological polar surface area (TPSA) is 36.7 Å². The maximum absolute atomic E-state index is 9.46. The monoisotopic (exact) mass is 414 g/mol. The molecular weight excluding hydrogens is 403 g/mol. The zero-order valence-corrected chi connectivity index (χ0v) is 14.5. The van der Waals surface area contributed by atoms with Crippen molar-refractivity contribution in [3.8, 4) is 17.3 Å². The smallest absolute Gasteiger partial charge is 0.134 e. The van der Waals surface area contributed by atoms with Gasteiger partial charge in [-0.1, -0.05) is 48.5 Å². The molecule has 22 heavy (non-hydrogen) atoms. The fourth-order valence-electron chi connectivity index (χ4n) is 2.03. The maximum Gasteiger partial charge on any atom is 0.134 e. The second kappa shape index (κ2) is 6.86. The van der Waals surface area contributed by atoms with Gasteiger partial charge in [-0.2, -0.15) is 5.26 Å². The van der Waals surface area contributed by atoms with Crippen molar-refractivity contribution in [2.45, 2.75) is 0 Å². The molecule has 2 aromatic carbocycles. The van der Waals surface area contributed by atoms with Gasteiger partial charge < -0.3 is 0 Å². The summed E-state index contributed by atoms with van der Waals surface area (Å²) in [5.74, 6) is 0. The third kappa shape index (κ3) is 3.26. The molecular formula is C18H11IN2S. The molecule has 0 saturated heterocycles. The lowest BCUT2D eigenvalue weighted by Gasteiger charge is -1.99. The lowest BCUT2D eigenvalue weighted by Crippen LogP contribution is -1.84. The third-order valence-corrected chi connectivity index (χ3v) is 4.99. The first-order valence-electron chi connectivity index (χ1n) is 6.65. The summed E-state index contributed by atoms with van der Waals surface area (Å²) in [6.07, 6.45) is 1.90. The van der Waals surface area contributed by atoms with Crippen molar-refractivity contribution in [2.75, 3.05) is 0 Å². The minimum atomic E-state index is 0.594. The van der Waals surface area contributed by atoms with E-state index >= 15 is 0 Å². The molecule has 4 heteroatoms. The zero-order chi connectivity index (χ0) is 15.4. The Kier molecular flexibility index (Phi) is 4.66. The molecule has 0 atom stereocenters. The van der Waals surface area contributed by atoms with Gasteiger partial charge in [0.15, 0.2) is 0 Å². The summed E-state index contributed by atoms with van der Waals surface area (Å²) in [6, 6.07) is 20.3. The molecule has 0 fully saturated rings. The maximum atomic E-state index is 9.46. The normalized spacial score (nSPS) is 11.2. The first kappa shape index (κ1) is 14.9. The van der Waals surface area contributed by atoms with E-state index in [0.29, 0.717) is 5.57 Å². The number of nitriles is 1. The van der Waals surface area contributed by atoms with E-state index in [9.17, 15) is 5.26 Å². The Bertz CT molecular complexity index is 860. The molecule has 3 aromatic rings. The lowest BCUT2D eigenvalue weighted by molar-refractivity contribution is 1.37. The van der Waals surface area contributed by atoms with Gasteiger partial charge in [-0.15, -0.1) is 11.3 Å². The van der Waals surface area contributed by atoms with Gasteiger partial charge in [0.2, 0.25) is 0 Å². The van der Waals surface area contributed by atoms with Gasteiger partial charge in [0.1, 0.15) is 11.1 Å². The Labute approximate surface area is 146 Å². The molecule has 0 unspecified atom stereocenters. The summed E-state index contributed by atoms with van der Waals surface area (Å²) in [4.78, 5) is 4.60. The van der Waals surface area contributed by atoms with Gasteiger partial charge in [-0.3, -0.25) is 0 Å². The number of hydrogen-bond acceptors (Lipinski definition) is 3. The van der Waals surface area contributed by atoms with E-state index in [1.165, 1.54) is 11.3 Å². The van der Waals surface area contributed by atoms with Gasteiger partial charge >= 0.3 is 0 Å². The van der Waals surface area contributed by atoms with Crippen LogP contribution in [0.25, 0.3) is 22.9 Å². The van der Waals surface area contributed by atoms with Crippen LogP contribution in [0.5, 0.6) is 0 Å². The summed E-state index contributed by atoms with van der Waals surface area (Å²) in [7, 11) is 0. The highest BCUT2D eigenvalue weighted by molar-refractivity contribution is 14.1. The van der Waals surface area contributed by atoms with Crippen LogP contribution >= 0.6 is 33.9 Å². The molecule has 0 bridgehead atoms. The van der Waals surface area contributed by atoms with Crippen LogP contribution in [0.15, 0.2) is 60.0 Å². The molecule has 3 rings (SSSR count). The van der Waals surface area contributed by atoms with Crippen LogP contribution in [0.3, 0.4) is 0 Å². The number of benzene rings is 2. The first-order valence-corrected chi connectivity index (χ1v) is 8.61. The van der Waals surface area contributed by atoms with Gasteiger partial charge in [0, 0.05) is 14.5 Å². The number of thiazole rings is 1. The van der Waals surface area contributed by atoms with Crippen molar-refractivity contribution in [3.05, 3.63) is 74.1 Å². The average molecular weight is 414 g/mol. The van der Waals surface area contributed by atoms with Gasteiger partial charge in [-0.05, 0) is 40.3 Å². The SMILES string of the molecule is N#C/C(=C\c1ccccc1I)c1nc(-c2ccccc2)cs1. The van der Waals surface area contributed by atoms with Crippen molar-refractivity contribution in [2.24, 2.45) is 0 Å². The van der Waals surface area contributed by atoms with E-state index in [0.717, 1.165) is 25.4 Å². The van der Waals surface area contributed by atoms with Crippen LogP contribution in [0.2, 0.25) is 0 Å². The van der Waals surface area contributed by atoms with Crippen LogP contribution in [-0.4, -0.2) is 4.98 Å². The number of hydrogen-bond donors (Lipinski definition) is 0. The molecule has 0 N–H and O–H groups in total. The molecule has 0 spiro atoms. The van der Waals surface area contributed by atoms with Crippen LogP contribution in [-0.2, 0) is 0 Å². The molecule has 1 heterocycles. The standard InChI is InChI=1S/C18H11IN2S/c19-16-9-5-4-8-14(16)10-15(11-20)18-21-17(12-22-18)13-6-2-1-3-7-13/h1-10,12H/b15-10+. The lowest BCUT2D eigenvalue weighted by atomic mass is 10.1. The highest BCUT2D eigenvalue weighted by Gasteiger charge is 2.09. The predicted molar refractivity (Wildman–Crippen MR) is 100 cm³/mol.